The fraction of sp³-hybridized carbons (Fsp3) is 0.318. The van der Waals surface area contributed by atoms with Crippen LogP contribution in [0.3, 0.4) is 0 Å². The molecule has 2 aromatic heterocycles. The van der Waals surface area contributed by atoms with Gasteiger partial charge in [-0.05, 0) is 49.2 Å². The van der Waals surface area contributed by atoms with Crippen molar-refractivity contribution in [1.29, 1.82) is 0 Å². The molecular weight excluding hydrogens is 396 g/mol. The Balaban J connectivity index is 1.56. The highest BCUT2D eigenvalue weighted by molar-refractivity contribution is 7.11. The quantitative estimate of drug-likeness (QED) is 0.363. The molecular formula is C22H28N6OS. The second-order valence-electron chi connectivity index (χ2n) is 6.72. The lowest BCUT2D eigenvalue weighted by Crippen LogP contribution is -2.36. The lowest BCUT2D eigenvalue weighted by atomic mass is 10.2. The zero-order valence-corrected chi connectivity index (χ0v) is 18.2. The minimum Gasteiger partial charge on any atom is -0.357 e. The van der Waals surface area contributed by atoms with Crippen LogP contribution in [0, 0.1) is 0 Å². The predicted molar refractivity (Wildman–Crippen MR) is 123 cm³/mol. The van der Waals surface area contributed by atoms with Gasteiger partial charge in [0.15, 0.2) is 5.96 Å². The summed E-state index contributed by atoms with van der Waals surface area (Å²) in [5.41, 5.74) is 1.77. The molecule has 2 heterocycles. The molecule has 3 rings (SSSR count). The van der Waals surface area contributed by atoms with Crippen LogP contribution in [0.1, 0.15) is 29.2 Å². The number of hydrogen-bond donors (Lipinski definition) is 3. The van der Waals surface area contributed by atoms with Crippen molar-refractivity contribution in [2.24, 2.45) is 4.99 Å². The summed E-state index contributed by atoms with van der Waals surface area (Å²) in [6.45, 7) is 6.46. The van der Waals surface area contributed by atoms with Crippen LogP contribution >= 0.6 is 11.3 Å². The second kappa shape index (κ2) is 11.2. The summed E-state index contributed by atoms with van der Waals surface area (Å²) in [6, 6.07) is 13.9. The first-order chi connectivity index (χ1) is 14.7. The molecule has 1 amide bonds. The number of amides is 1. The molecule has 0 aliphatic carbocycles. The second-order valence-corrected chi connectivity index (χ2v) is 7.98. The molecule has 8 heteroatoms. The van der Waals surface area contributed by atoms with Gasteiger partial charge < -0.3 is 16.0 Å². The SMILES string of the molecule is CCNC(=NCc1cccc(NC(=O)Cn2cccn2)c1)NCc1ccc(CC)s1. The average molecular weight is 425 g/mol. The smallest absolute Gasteiger partial charge is 0.246 e. The van der Waals surface area contributed by atoms with Gasteiger partial charge in [-0.1, -0.05) is 19.1 Å². The Morgan fingerprint density at radius 2 is 2.00 bits per heavy atom. The van der Waals surface area contributed by atoms with Crippen LogP contribution in [0.15, 0.2) is 59.9 Å². The van der Waals surface area contributed by atoms with E-state index in [0.717, 1.165) is 36.7 Å². The van der Waals surface area contributed by atoms with Gasteiger partial charge in [-0.2, -0.15) is 5.10 Å². The molecule has 158 valence electrons. The highest BCUT2D eigenvalue weighted by atomic mass is 32.1. The number of rotatable bonds is 9. The number of carbonyl (C=O) groups excluding carboxylic acids is 1. The zero-order valence-electron chi connectivity index (χ0n) is 17.4. The molecule has 0 saturated heterocycles. The maximum atomic E-state index is 12.2. The van der Waals surface area contributed by atoms with Gasteiger partial charge in [-0.3, -0.25) is 9.48 Å². The number of hydrogen-bond acceptors (Lipinski definition) is 4. The number of carbonyl (C=O) groups is 1. The Morgan fingerprint density at radius 1 is 1.13 bits per heavy atom. The van der Waals surface area contributed by atoms with Crippen LogP contribution in [0.5, 0.6) is 0 Å². The van der Waals surface area contributed by atoms with E-state index in [2.05, 4.69) is 45.1 Å². The largest absolute Gasteiger partial charge is 0.357 e. The van der Waals surface area contributed by atoms with E-state index in [1.165, 1.54) is 9.75 Å². The predicted octanol–water partition coefficient (Wildman–Crippen LogP) is 3.40. The Labute approximate surface area is 181 Å². The molecule has 3 aromatic rings. The molecule has 0 bridgehead atoms. The number of aromatic nitrogens is 2. The van der Waals surface area contributed by atoms with E-state index in [9.17, 15) is 4.79 Å². The minimum atomic E-state index is -0.114. The number of nitrogens with one attached hydrogen (secondary N) is 3. The van der Waals surface area contributed by atoms with Gasteiger partial charge in [0.1, 0.15) is 6.54 Å². The van der Waals surface area contributed by atoms with E-state index in [1.807, 2.05) is 42.5 Å². The molecule has 7 nitrogen and oxygen atoms in total. The standard InChI is InChI=1S/C22H28N6OS/c1-3-19-9-10-20(30-19)15-25-22(23-4-2)24-14-17-7-5-8-18(13-17)27-21(29)16-28-12-6-11-26-28/h5-13H,3-4,14-16H2,1-2H3,(H,27,29)(H2,23,24,25). The topological polar surface area (TPSA) is 83.3 Å². The van der Waals surface area contributed by atoms with Gasteiger partial charge in [-0.25, -0.2) is 4.99 Å². The molecule has 0 unspecified atom stereocenters. The summed E-state index contributed by atoms with van der Waals surface area (Å²) in [6.07, 6.45) is 4.48. The van der Waals surface area contributed by atoms with E-state index >= 15 is 0 Å². The molecule has 0 spiro atoms. The number of anilines is 1. The summed E-state index contributed by atoms with van der Waals surface area (Å²) in [7, 11) is 0. The van der Waals surface area contributed by atoms with Gasteiger partial charge >= 0.3 is 0 Å². The fourth-order valence-corrected chi connectivity index (χ4v) is 3.78. The summed E-state index contributed by atoms with van der Waals surface area (Å²) in [4.78, 5) is 19.5. The van der Waals surface area contributed by atoms with Crippen LogP contribution in [0.2, 0.25) is 0 Å². The van der Waals surface area contributed by atoms with Crippen molar-refractivity contribution in [2.75, 3.05) is 11.9 Å². The molecule has 0 atom stereocenters. The Bertz CT molecular complexity index is 964. The third kappa shape index (κ3) is 6.73. The summed E-state index contributed by atoms with van der Waals surface area (Å²) in [5.74, 6) is 0.661. The zero-order chi connectivity index (χ0) is 21.2. The van der Waals surface area contributed by atoms with Crippen molar-refractivity contribution in [3.63, 3.8) is 0 Å². The van der Waals surface area contributed by atoms with Crippen LogP contribution in [-0.2, 0) is 30.8 Å². The van der Waals surface area contributed by atoms with E-state index in [0.29, 0.717) is 6.54 Å². The van der Waals surface area contributed by atoms with E-state index < -0.39 is 0 Å². The van der Waals surface area contributed by atoms with Crippen LogP contribution in [0.25, 0.3) is 0 Å². The molecule has 30 heavy (non-hydrogen) atoms. The molecule has 3 N–H and O–H groups in total. The number of nitrogens with zero attached hydrogens (tertiary/aromatic N) is 3. The number of aliphatic imine (C=N–C) groups is 1. The van der Waals surface area contributed by atoms with Gasteiger partial charge in [0.2, 0.25) is 5.91 Å². The first kappa shape index (κ1) is 21.6. The van der Waals surface area contributed by atoms with E-state index in [4.69, 9.17) is 0 Å². The van der Waals surface area contributed by atoms with Gasteiger partial charge in [0, 0.05) is 34.4 Å². The molecule has 0 aliphatic heterocycles. The number of benzene rings is 1. The maximum absolute atomic E-state index is 12.2. The summed E-state index contributed by atoms with van der Waals surface area (Å²) < 4.78 is 1.59. The Hall–Kier alpha value is -3.13. The highest BCUT2D eigenvalue weighted by Gasteiger charge is 2.05. The molecule has 0 saturated carbocycles. The van der Waals surface area contributed by atoms with Gasteiger partial charge in [-0.15, -0.1) is 11.3 Å². The van der Waals surface area contributed by atoms with Crippen LogP contribution in [0.4, 0.5) is 5.69 Å². The van der Waals surface area contributed by atoms with Crippen LogP contribution < -0.4 is 16.0 Å². The monoisotopic (exact) mass is 424 g/mol. The molecule has 0 fully saturated rings. The van der Waals surface area contributed by atoms with E-state index in [-0.39, 0.29) is 12.5 Å². The van der Waals surface area contributed by atoms with Gasteiger partial charge in [0.25, 0.3) is 0 Å². The van der Waals surface area contributed by atoms with Crippen molar-refractivity contribution in [3.05, 3.63) is 70.2 Å². The van der Waals surface area contributed by atoms with Crippen molar-refractivity contribution < 1.29 is 4.79 Å². The average Bonchev–Trinajstić information content (AvgIpc) is 3.42. The van der Waals surface area contributed by atoms with E-state index in [1.54, 1.807) is 23.1 Å². The first-order valence-electron chi connectivity index (χ1n) is 10.1. The van der Waals surface area contributed by atoms with Crippen molar-refractivity contribution in [1.82, 2.24) is 20.4 Å². The minimum absolute atomic E-state index is 0.114. The number of aryl methyl sites for hydroxylation is 1. The normalized spacial score (nSPS) is 11.3. The lowest BCUT2D eigenvalue weighted by Gasteiger charge is -2.11. The number of guanidine groups is 1. The lowest BCUT2D eigenvalue weighted by molar-refractivity contribution is -0.116. The summed E-state index contributed by atoms with van der Waals surface area (Å²) in [5, 5.41) is 13.6. The first-order valence-corrected chi connectivity index (χ1v) is 10.9. The number of thiophene rings is 1. The van der Waals surface area contributed by atoms with Crippen molar-refractivity contribution >= 4 is 28.9 Å². The third-order valence-electron chi connectivity index (χ3n) is 4.34. The Kier molecular flexibility index (Phi) is 8.02. The molecule has 1 aromatic carbocycles. The molecule has 0 radical (unpaired) electrons. The van der Waals surface area contributed by atoms with Crippen LogP contribution in [-0.4, -0.2) is 28.2 Å². The van der Waals surface area contributed by atoms with Crippen molar-refractivity contribution in [3.8, 4) is 0 Å². The summed E-state index contributed by atoms with van der Waals surface area (Å²) >= 11 is 1.82. The van der Waals surface area contributed by atoms with Gasteiger partial charge in [0.05, 0.1) is 13.1 Å². The van der Waals surface area contributed by atoms with Crippen molar-refractivity contribution in [2.45, 2.75) is 39.9 Å². The maximum Gasteiger partial charge on any atom is 0.246 e. The Morgan fingerprint density at radius 3 is 2.73 bits per heavy atom. The fourth-order valence-electron chi connectivity index (χ4n) is 2.88. The highest BCUT2D eigenvalue weighted by Crippen LogP contribution is 2.16. The molecule has 0 aliphatic rings. The third-order valence-corrected chi connectivity index (χ3v) is 5.56.